The molecule has 68 heavy (non-hydrogen) atoms. The lowest BCUT2D eigenvalue weighted by Crippen LogP contribution is -2.44. The lowest BCUT2D eigenvalue weighted by molar-refractivity contribution is -0.130. The molecule has 0 aromatic heterocycles. The number of rotatable bonds is 25. The maximum Gasteiger partial charge on any atom is 0.223 e. The first-order valence-electron chi connectivity index (χ1n) is 26.4. The highest BCUT2D eigenvalue weighted by Crippen LogP contribution is 2.37. The molecule has 0 heterocycles. The lowest BCUT2D eigenvalue weighted by Gasteiger charge is -2.28. The van der Waals surface area contributed by atoms with E-state index in [1.54, 1.807) is 19.9 Å². The third-order valence-corrected chi connectivity index (χ3v) is 13.0. The molecular formula is C57H99N5O6. The number of carbonyl (C=O) groups excluding carboxylic acids is 6. The normalized spacial score (nSPS) is 19.2. The monoisotopic (exact) mass is 950 g/mol. The molecule has 0 saturated heterocycles. The van der Waals surface area contributed by atoms with Crippen molar-refractivity contribution in [2.75, 3.05) is 13.6 Å². The summed E-state index contributed by atoms with van der Waals surface area (Å²) >= 11 is 0. The van der Waals surface area contributed by atoms with E-state index in [2.05, 4.69) is 61.8 Å². The SMILES string of the molecule is CC(=O)/C=C/CC/C=C(\C)N.CC(=O)C(CC1CC1)NC(=O)C(C)C1CCCCC1.CC(=O)NC(C(C)=O)C1C=CC=CC1.CC/C=C(/C=O)C(C)CC1CC1.CCCCN(NC)C(C)CCC. The minimum absolute atomic E-state index is 0.00477. The van der Waals surface area contributed by atoms with Gasteiger partial charge in [-0.3, -0.25) is 34.2 Å². The van der Waals surface area contributed by atoms with Gasteiger partial charge in [0.2, 0.25) is 11.8 Å². The minimum atomic E-state index is -0.381. The first-order valence-corrected chi connectivity index (χ1v) is 26.4. The van der Waals surface area contributed by atoms with Crippen LogP contribution < -0.4 is 21.8 Å². The zero-order chi connectivity index (χ0) is 51.4. The van der Waals surface area contributed by atoms with Gasteiger partial charge in [0.15, 0.2) is 17.3 Å². The highest BCUT2D eigenvalue weighted by atomic mass is 16.2. The molecule has 4 aliphatic carbocycles. The van der Waals surface area contributed by atoms with Crippen LogP contribution in [0, 0.1) is 35.5 Å². The predicted octanol–water partition coefficient (Wildman–Crippen LogP) is 11.4. The van der Waals surface area contributed by atoms with Crippen LogP contribution in [0.25, 0.3) is 0 Å². The number of hydrogen-bond donors (Lipinski definition) is 4. The maximum atomic E-state index is 12.3. The quantitative estimate of drug-likeness (QED) is 0.0301. The lowest BCUT2D eigenvalue weighted by atomic mass is 9.80. The van der Waals surface area contributed by atoms with Crippen molar-refractivity contribution in [1.82, 2.24) is 21.1 Å². The van der Waals surface area contributed by atoms with Gasteiger partial charge in [-0.15, -0.1) is 0 Å². The van der Waals surface area contributed by atoms with Crippen LogP contribution in [0.3, 0.4) is 0 Å². The number of carbonyl (C=O) groups is 6. The summed E-state index contributed by atoms with van der Waals surface area (Å²) in [6, 6.07) is 0.0475. The van der Waals surface area contributed by atoms with E-state index in [0.717, 1.165) is 55.6 Å². The summed E-state index contributed by atoms with van der Waals surface area (Å²) in [7, 11) is 2.02. The molecule has 0 radical (unpaired) electrons. The molecule has 0 aliphatic heterocycles. The van der Waals surface area contributed by atoms with Crippen LogP contribution in [0.4, 0.5) is 0 Å². The largest absolute Gasteiger partial charge is 0.403 e. The second-order valence-corrected chi connectivity index (χ2v) is 19.8. The Kier molecular flexibility index (Phi) is 36.6. The summed E-state index contributed by atoms with van der Waals surface area (Å²) in [6.45, 7) is 22.1. The number of Topliss-reactive ketones (excluding diaryl/α,β-unsaturated/α-hetero) is 2. The van der Waals surface area contributed by atoms with Gasteiger partial charge in [0.25, 0.3) is 0 Å². The van der Waals surface area contributed by atoms with E-state index < -0.39 is 0 Å². The highest BCUT2D eigenvalue weighted by molar-refractivity contribution is 5.89. The van der Waals surface area contributed by atoms with Crippen LogP contribution in [-0.4, -0.2) is 72.2 Å². The van der Waals surface area contributed by atoms with Crippen LogP contribution in [0.1, 0.15) is 198 Å². The van der Waals surface area contributed by atoms with Gasteiger partial charge in [-0.25, -0.2) is 5.01 Å². The standard InChI is InChI=1S/C16H27NO2.C11H15NO2.C11H18O.C10H24N2.C9H15NO/c1-11(14-6-4-3-5-7-14)16(19)17-15(12(2)18)10-13-8-9-13;1-8(13)11(12-9(2)14)10-6-4-3-5-7-10;1-3-4-11(8-12)9(2)7-10-5-6-10;1-5-7-9-12(11-4)10(3)8-6-2;1-8(10)6-4-3-5-7-9(2)11/h11,13-15H,3-10H2,1-2H3,(H,17,19);3-6,10-11H,7H2,1-2H3,(H,12,14);4,8-10H,3,5-7H2,1-2H3;10-11H,5-9H2,1-4H3;5-7H,3-4,10H2,1-2H3/b;;11-4-;;7-5+,8-6+. The summed E-state index contributed by atoms with van der Waals surface area (Å²) in [4.78, 5) is 67.2. The summed E-state index contributed by atoms with van der Waals surface area (Å²) in [5.74, 6) is 2.87. The smallest absolute Gasteiger partial charge is 0.223 e. The Bertz CT molecular complexity index is 1600. The molecule has 0 bridgehead atoms. The van der Waals surface area contributed by atoms with Crippen molar-refractivity contribution in [3.05, 3.63) is 59.9 Å². The first kappa shape index (κ1) is 64.0. The van der Waals surface area contributed by atoms with Crippen molar-refractivity contribution in [3.8, 4) is 0 Å². The average molecular weight is 950 g/mol. The molecule has 388 valence electrons. The van der Waals surface area contributed by atoms with Gasteiger partial charge in [-0.1, -0.05) is 135 Å². The van der Waals surface area contributed by atoms with Crippen molar-refractivity contribution >= 4 is 35.5 Å². The molecule has 6 atom stereocenters. The van der Waals surface area contributed by atoms with E-state index >= 15 is 0 Å². The molecule has 0 aromatic carbocycles. The van der Waals surface area contributed by atoms with Gasteiger partial charge in [0.05, 0.1) is 12.1 Å². The Hall–Kier alpha value is -3.96. The zero-order valence-electron chi connectivity index (χ0n) is 45.0. The number of hydrazine groups is 1. The topological polar surface area (TPSA) is 168 Å². The van der Waals surface area contributed by atoms with Crippen LogP contribution in [0.15, 0.2) is 59.9 Å². The number of aldehydes is 1. The van der Waals surface area contributed by atoms with E-state index in [-0.39, 0.29) is 53.1 Å². The molecule has 5 N–H and O–H groups in total. The number of nitrogens with two attached hydrogens (primary N) is 1. The number of hydrogen-bond acceptors (Lipinski definition) is 9. The van der Waals surface area contributed by atoms with Crippen molar-refractivity contribution in [2.45, 2.75) is 216 Å². The molecule has 3 saturated carbocycles. The zero-order valence-corrected chi connectivity index (χ0v) is 45.0. The van der Waals surface area contributed by atoms with E-state index in [1.807, 2.05) is 57.4 Å². The Balaban J connectivity index is 0.000000840. The second-order valence-electron chi connectivity index (χ2n) is 19.8. The molecule has 6 unspecified atom stereocenters. The number of ketones is 3. The van der Waals surface area contributed by atoms with Crippen molar-refractivity contribution < 1.29 is 28.8 Å². The molecule has 11 nitrogen and oxygen atoms in total. The Labute approximate surface area is 414 Å². The number of unbranched alkanes of at least 4 members (excludes halogenated alkanes) is 2. The van der Waals surface area contributed by atoms with Gasteiger partial charge in [0.1, 0.15) is 6.29 Å². The molecular weight excluding hydrogens is 851 g/mol. The number of nitrogens with one attached hydrogen (secondary N) is 3. The molecule has 0 spiro atoms. The summed E-state index contributed by atoms with van der Waals surface area (Å²) in [6.07, 6.45) is 38.4. The minimum Gasteiger partial charge on any atom is -0.403 e. The van der Waals surface area contributed by atoms with Gasteiger partial charge < -0.3 is 16.4 Å². The van der Waals surface area contributed by atoms with Crippen LogP contribution in [0.5, 0.6) is 0 Å². The van der Waals surface area contributed by atoms with Crippen LogP contribution >= 0.6 is 0 Å². The van der Waals surface area contributed by atoms with E-state index in [4.69, 9.17) is 5.73 Å². The summed E-state index contributed by atoms with van der Waals surface area (Å²) < 4.78 is 0. The molecule has 2 amide bonds. The van der Waals surface area contributed by atoms with Gasteiger partial charge in [-0.2, -0.15) is 0 Å². The van der Waals surface area contributed by atoms with Crippen molar-refractivity contribution in [1.29, 1.82) is 0 Å². The van der Waals surface area contributed by atoms with Gasteiger partial charge >= 0.3 is 0 Å². The van der Waals surface area contributed by atoms with Crippen LogP contribution in [-0.2, 0) is 28.8 Å². The maximum absolute atomic E-state index is 12.3. The van der Waals surface area contributed by atoms with E-state index in [9.17, 15) is 28.8 Å². The Morgan fingerprint density at radius 1 is 0.779 bits per heavy atom. The molecule has 0 aromatic rings. The molecule has 4 aliphatic rings. The van der Waals surface area contributed by atoms with E-state index in [0.29, 0.717) is 23.8 Å². The predicted molar refractivity (Wildman–Crippen MR) is 283 cm³/mol. The molecule has 4 rings (SSSR count). The Morgan fingerprint density at radius 2 is 1.41 bits per heavy atom. The summed E-state index contributed by atoms with van der Waals surface area (Å²) in [5, 5.41) is 8.01. The van der Waals surface area contributed by atoms with Crippen molar-refractivity contribution in [2.24, 2.45) is 41.2 Å². The number of nitrogens with zero attached hydrogens (tertiary/aromatic N) is 1. The third kappa shape index (κ3) is 32.7. The van der Waals surface area contributed by atoms with E-state index in [1.165, 1.54) is 110 Å². The summed E-state index contributed by atoms with van der Waals surface area (Å²) in [5.41, 5.74) is 10.5. The number of amides is 2. The van der Waals surface area contributed by atoms with Crippen molar-refractivity contribution in [3.63, 3.8) is 0 Å². The second kappa shape index (κ2) is 38.8. The fraction of sp³-hybridized carbons (Fsp3) is 0.719. The molecule has 3 fully saturated rings. The number of allylic oxidation sites excluding steroid dienone is 9. The average Bonchev–Trinajstić information content (AvgIpc) is 4.26. The van der Waals surface area contributed by atoms with Gasteiger partial charge in [-0.05, 0) is 141 Å². The fourth-order valence-electron chi connectivity index (χ4n) is 8.44. The highest BCUT2D eigenvalue weighted by Gasteiger charge is 2.32. The Morgan fingerprint density at radius 3 is 1.87 bits per heavy atom. The first-order chi connectivity index (χ1) is 32.3. The molecule has 11 heteroatoms. The third-order valence-electron chi connectivity index (χ3n) is 13.0. The fourth-order valence-corrected chi connectivity index (χ4v) is 8.44. The van der Waals surface area contributed by atoms with Crippen LogP contribution in [0.2, 0.25) is 0 Å². The van der Waals surface area contributed by atoms with Gasteiger partial charge in [0, 0.05) is 37.0 Å².